The van der Waals surface area contributed by atoms with Crippen LogP contribution in [0.4, 0.5) is 0 Å². The Morgan fingerprint density at radius 1 is 1.10 bits per heavy atom. The van der Waals surface area contributed by atoms with Crippen molar-refractivity contribution in [2.45, 2.75) is 37.4 Å². The number of hydrogen-bond acceptors (Lipinski definition) is 7. The van der Waals surface area contributed by atoms with E-state index in [1.165, 1.54) is 37.7 Å². The maximum Gasteiger partial charge on any atom is 0.332 e. The molecule has 0 saturated carbocycles. The Kier molecular flexibility index (Phi) is 4.89. The first-order valence-electron chi connectivity index (χ1n) is 10.1. The zero-order chi connectivity index (χ0) is 21.9. The molecule has 0 aliphatic heterocycles. The summed E-state index contributed by atoms with van der Waals surface area (Å²) in [7, 11) is 5.12. The van der Waals surface area contributed by atoms with Crippen LogP contribution in [0.1, 0.15) is 23.3 Å². The normalized spacial score (nSPS) is 13.5. The van der Waals surface area contributed by atoms with Gasteiger partial charge in [0.05, 0.1) is 11.7 Å². The Labute approximate surface area is 185 Å². The summed E-state index contributed by atoms with van der Waals surface area (Å²) in [6.07, 6.45) is 5.24. The van der Waals surface area contributed by atoms with Crippen molar-refractivity contribution in [1.82, 2.24) is 28.2 Å². The summed E-state index contributed by atoms with van der Waals surface area (Å²) < 4.78 is 5.91. The van der Waals surface area contributed by atoms with Crippen LogP contribution in [0.2, 0.25) is 0 Å². The third-order valence-electron chi connectivity index (χ3n) is 5.86. The Morgan fingerprint density at radius 3 is 2.71 bits per heavy atom. The van der Waals surface area contributed by atoms with E-state index in [0.29, 0.717) is 35.0 Å². The van der Waals surface area contributed by atoms with Crippen molar-refractivity contribution in [1.29, 1.82) is 0 Å². The van der Waals surface area contributed by atoms with Gasteiger partial charge in [0.2, 0.25) is 0 Å². The number of nitrogens with zero attached hydrogens (tertiary/aromatic N) is 6. The molecule has 0 N–H and O–H groups in total. The Hall–Kier alpha value is -2.66. The van der Waals surface area contributed by atoms with Crippen molar-refractivity contribution >= 4 is 44.5 Å². The van der Waals surface area contributed by atoms with E-state index in [1.807, 2.05) is 0 Å². The summed E-state index contributed by atoms with van der Waals surface area (Å²) in [4.78, 5) is 49.3. The van der Waals surface area contributed by atoms with Gasteiger partial charge in [-0.2, -0.15) is 0 Å². The van der Waals surface area contributed by atoms with Crippen LogP contribution in [0, 0.1) is 0 Å². The van der Waals surface area contributed by atoms with Crippen molar-refractivity contribution in [3.8, 4) is 0 Å². The second-order valence-corrected chi connectivity index (χ2v) is 9.97. The molecule has 5 rings (SSSR count). The van der Waals surface area contributed by atoms with Crippen molar-refractivity contribution in [3.05, 3.63) is 48.0 Å². The smallest absolute Gasteiger partial charge is 0.328 e. The molecule has 0 unspecified atom stereocenters. The lowest BCUT2D eigenvalue weighted by atomic mass is 10.2. The number of aromatic nitrogens is 6. The van der Waals surface area contributed by atoms with Gasteiger partial charge in [0.25, 0.3) is 11.1 Å². The molecule has 0 amide bonds. The second-order valence-electron chi connectivity index (χ2n) is 7.82. The molecular weight excluding hydrogens is 436 g/mol. The molecule has 0 aromatic carbocycles. The molecule has 0 radical (unpaired) electrons. The lowest BCUT2D eigenvalue weighted by molar-refractivity contribution is 0.593. The minimum absolute atomic E-state index is 0.0126. The number of rotatable bonds is 5. The van der Waals surface area contributed by atoms with E-state index in [-0.39, 0.29) is 16.8 Å². The van der Waals surface area contributed by atoms with Gasteiger partial charge in [-0.05, 0) is 31.2 Å². The van der Waals surface area contributed by atoms with Gasteiger partial charge in [0.15, 0.2) is 16.3 Å². The zero-order valence-corrected chi connectivity index (χ0v) is 19.2. The van der Waals surface area contributed by atoms with E-state index in [0.717, 1.165) is 29.5 Å². The minimum Gasteiger partial charge on any atom is -0.328 e. The predicted molar refractivity (Wildman–Crippen MR) is 122 cm³/mol. The van der Waals surface area contributed by atoms with Gasteiger partial charge in [-0.25, -0.2) is 14.8 Å². The highest BCUT2D eigenvalue weighted by molar-refractivity contribution is 7.99. The summed E-state index contributed by atoms with van der Waals surface area (Å²) in [5.74, 6) is 0.635. The molecule has 4 aromatic heterocycles. The van der Waals surface area contributed by atoms with Crippen molar-refractivity contribution in [3.63, 3.8) is 0 Å². The maximum atomic E-state index is 12.9. The first-order chi connectivity index (χ1) is 14.9. The van der Waals surface area contributed by atoms with Crippen LogP contribution in [0.3, 0.4) is 0 Å². The SMILES string of the molecule is Cn1c(SCCCn2c(=O)c3c(ncn3C)n(C)c2=O)nc2sc3c(c2c1=O)CCC3. The summed E-state index contributed by atoms with van der Waals surface area (Å²) in [6.45, 7) is 0.295. The van der Waals surface area contributed by atoms with Gasteiger partial charge in [-0.3, -0.25) is 23.3 Å². The van der Waals surface area contributed by atoms with Gasteiger partial charge >= 0.3 is 5.69 Å². The molecule has 162 valence electrons. The first kappa shape index (κ1) is 20.3. The third kappa shape index (κ3) is 3.09. The number of thioether (sulfide) groups is 1. The number of hydrogen-bond donors (Lipinski definition) is 0. The highest BCUT2D eigenvalue weighted by atomic mass is 32.2. The van der Waals surface area contributed by atoms with E-state index >= 15 is 0 Å². The minimum atomic E-state index is -0.374. The average molecular weight is 459 g/mol. The van der Waals surface area contributed by atoms with Gasteiger partial charge in [0.1, 0.15) is 4.83 Å². The Morgan fingerprint density at radius 2 is 1.90 bits per heavy atom. The van der Waals surface area contributed by atoms with Crippen LogP contribution in [-0.2, 0) is 40.5 Å². The van der Waals surface area contributed by atoms with Crippen molar-refractivity contribution < 1.29 is 0 Å². The molecule has 31 heavy (non-hydrogen) atoms. The van der Waals surface area contributed by atoms with Crippen molar-refractivity contribution in [2.24, 2.45) is 21.1 Å². The summed E-state index contributed by atoms with van der Waals surface area (Å²) in [5, 5.41) is 1.45. The van der Waals surface area contributed by atoms with Gasteiger partial charge in [-0.1, -0.05) is 11.8 Å². The molecule has 11 heteroatoms. The zero-order valence-electron chi connectivity index (χ0n) is 17.5. The van der Waals surface area contributed by atoms with Gasteiger partial charge in [-0.15, -0.1) is 11.3 Å². The molecule has 1 aliphatic rings. The highest BCUT2D eigenvalue weighted by Gasteiger charge is 2.22. The van der Waals surface area contributed by atoms with Gasteiger partial charge in [0, 0.05) is 38.3 Å². The average Bonchev–Trinajstić information content (AvgIpc) is 3.43. The lowest BCUT2D eigenvalue weighted by Crippen LogP contribution is -2.39. The summed E-state index contributed by atoms with van der Waals surface area (Å²) in [5.41, 5.74) is 1.29. The van der Waals surface area contributed by atoms with E-state index < -0.39 is 0 Å². The first-order valence-corrected chi connectivity index (χ1v) is 11.9. The largest absolute Gasteiger partial charge is 0.332 e. The summed E-state index contributed by atoms with van der Waals surface area (Å²) >= 11 is 3.11. The van der Waals surface area contributed by atoms with Crippen LogP contribution >= 0.6 is 23.1 Å². The highest BCUT2D eigenvalue weighted by Crippen LogP contribution is 2.35. The predicted octanol–water partition coefficient (Wildman–Crippen LogP) is 1.41. The maximum absolute atomic E-state index is 12.9. The molecule has 0 bridgehead atoms. The van der Waals surface area contributed by atoms with Crippen LogP contribution in [0.15, 0.2) is 25.9 Å². The molecule has 4 heterocycles. The third-order valence-corrected chi connectivity index (χ3v) is 8.17. The molecule has 9 nitrogen and oxygen atoms in total. The molecule has 0 saturated heterocycles. The van der Waals surface area contributed by atoms with Crippen LogP contribution in [0.25, 0.3) is 21.4 Å². The van der Waals surface area contributed by atoms with Crippen LogP contribution in [-0.4, -0.2) is 34.0 Å². The quantitative estimate of drug-likeness (QED) is 0.255. The molecule has 1 aliphatic carbocycles. The van der Waals surface area contributed by atoms with E-state index in [1.54, 1.807) is 41.6 Å². The standard InChI is InChI=1S/C20H22N6O3S2/c1-23-10-21-15-14(23)18(28)26(20(29)24(15)2)8-5-9-30-19-22-16-13(17(27)25(19)3)11-6-4-7-12(11)31-16/h10H,4-9H2,1-3H3. The number of thiophene rings is 1. The number of fused-ring (bicyclic) bond motifs is 4. The van der Waals surface area contributed by atoms with Crippen LogP contribution < -0.4 is 16.8 Å². The fourth-order valence-corrected chi connectivity index (χ4v) is 6.41. The fraction of sp³-hybridized carbons (Fsp3) is 0.450. The molecular formula is C20H22N6O3S2. The molecule has 0 atom stereocenters. The topological polar surface area (TPSA) is 96.7 Å². The van der Waals surface area contributed by atoms with Crippen LogP contribution in [0.5, 0.6) is 0 Å². The van der Waals surface area contributed by atoms with Gasteiger partial charge < -0.3 is 4.57 Å². The molecule has 4 aromatic rings. The number of aryl methyl sites for hydroxylation is 4. The Bertz CT molecular complexity index is 1520. The fourth-order valence-electron chi connectivity index (χ4n) is 4.21. The van der Waals surface area contributed by atoms with E-state index in [9.17, 15) is 14.4 Å². The monoisotopic (exact) mass is 458 g/mol. The van der Waals surface area contributed by atoms with E-state index in [2.05, 4.69) is 4.98 Å². The molecule has 0 fully saturated rings. The summed E-state index contributed by atoms with van der Waals surface area (Å²) in [6, 6.07) is 0. The second kappa shape index (κ2) is 7.49. The van der Waals surface area contributed by atoms with E-state index in [4.69, 9.17) is 4.98 Å². The lowest BCUT2D eigenvalue weighted by Gasteiger charge is -2.10. The van der Waals surface area contributed by atoms with Crippen molar-refractivity contribution in [2.75, 3.05) is 5.75 Å². The number of imidazole rings is 1. The molecule has 0 spiro atoms. The Balaban J connectivity index is 1.37.